The molecule has 0 bridgehead atoms. The van der Waals surface area contributed by atoms with Crippen molar-refractivity contribution in [3.8, 4) is 0 Å². The molecule has 6 heteroatoms. The molecule has 1 heterocycles. The van der Waals surface area contributed by atoms with Gasteiger partial charge in [0.15, 0.2) is 0 Å². The summed E-state index contributed by atoms with van der Waals surface area (Å²) in [5, 5.41) is 3.16. The third kappa shape index (κ3) is 4.91. The molecule has 1 aliphatic carbocycles. The van der Waals surface area contributed by atoms with Crippen molar-refractivity contribution in [2.45, 2.75) is 57.9 Å². The van der Waals surface area contributed by atoms with Crippen LogP contribution in [-0.4, -0.2) is 45.4 Å². The zero-order valence-electron chi connectivity index (χ0n) is 13.5. The second kappa shape index (κ2) is 7.90. The molecule has 0 radical (unpaired) electrons. The molecule has 21 heavy (non-hydrogen) atoms. The van der Waals surface area contributed by atoms with Crippen LogP contribution in [0.5, 0.6) is 0 Å². The minimum atomic E-state index is -3.33. The standard InChI is InChI=1S/C15H31N3O2S/c1-13(15-8-4-3-5-9-15)17-21(19,20)18-10-6-7-14(12-18)11-16-2/h13-17H,3-12H2,1-2H3. The Morgan fingerprint density at radius 1 is 1.14 bits per heavy atom. The first kappa shape index (κ1) is 17.2. The molecule has 0 amide bonds. The molecule has 2 fully saturated rings. The summed E-state index contributed by atoms with van der Waals surface area (Å²) < 4.78 is 29.8. The molecule has 2 N–H and O–H groups in total. The zero-order chi connectivity index (χ0) is 15.3. The number of nitrogens with one attached hydrogen (secondary N) is 2. The van der Waals surface area contributed by atoms with Crippen molar-refractivity contribution in [3.63, 3.8) is 0 Å². The van der Waals surface area contributed by atoms with Gasteiger partial charge in [-0.1, -0.05) is 19.3 Å². The van der Waals surface area contributed by atoms with Gasteiger partial charge in [0.2, 0.25) is 0 Å². The Morgan fingerprint density at radius 3 is 2.52 bits per heavy atom. The van der Waals surface area contributed by atoms with Crippen molar-refractivity contribution >= 4 is 10.2 Å². The topological polar surface area (TPSA) is 61.4 Å². The van der Waals surface area contributed by atoms with Gasteiger partial charge < -0.3 is 5.32 Å². The first-order valence-corrected chi connectivity index (χ1v) is 9.89. The summed E-state index contributed by atoms with van der Waals surface area (Å²) in [5.74, 6) is 0.941. The molecule has 0 aromatic carbocycles. The van der Waals surface area contributed by atoms with E-state index in [4.69, 9.17) is 0 Å². The fourth-order valence-corrected chi connectivity index (χ4v) is 5.33. The van der Waals surface area contributed by atoms with Crippen LogP contribution < -0.4 is 10.0 Å². The quantitative estimate of drug-likeness (QED) is 0.784. The summed E-state index contributed by atoms with van der Waals surface area (Å²) in [7, 11) is -1.40. The molecule has 0 aromatic rings. The Labute approximate surface area is 130 Å². The summed E-state index contributed by atoms with van der Waals surface area (Å²) in [5.41, 5.74) is 0. The van der Waals surface area contributed by atoms with Crippen molar-refractivity contribution in [2.75, 3.05) is 26.7 Å². The minimum Gasteiger partial charge on any atom is -0.319 e. The van der Waals surface area contributed by atoms with Gasteiger partial charge >= 0.3 is 0 Å². The highest BCUT2D eigenvalue weighted by Crippen LogP contribution is 2.27. The summed E-state index contributed by atoms with van der Waals surface area (Å²) >= 11 is 0. The van der Waals surface area contributed by atoms with Crippen molar-refractivity contribution in [1.29, 1.82) is 0 Å². The van der Waals surface area contributed by atoms with E-state index >= 15 is 0 Å². The Kier molecular flexibility index (Phi) is 6.47. The molecule has 0 aromatic heterocycles. The van der Waals surface area contributed by atoms with Crippen LogP contribution >= 0.6 is 0 Å². The first-order chi connectivity index (χ1) is 10.0. The molecule has 2 aliphatic rings. The van der Waals surface area contributed by atoms with Gasteiger partial charge in [-0.05, 0) is 58.0 Å². The number of hydrogen-bond acceptors (Lipinski definition) is 3. The molecule has 2 unspecified atom stereocenters. The van der Waals surface area contributed by atoms with Crippen LogP contribution in [0.2, 0.25) is 0 Å². The second-order valence-electron chi connectivity index (χ2n) is 6.73. The summed E-state index contributed by atoms with van der Waals surface area (Å²) in [6, 6.07) is 0.0555. The van der Waals surface area contributed by atoms with Crippen LogP contribution in [0.3, 0.4) is 0 Å². The minimum absolute atomic E-state index is 0.0555. The van der Waals surface area contributed by atoms with E-state index in [1.54, 1.807) is 4.31 Å². The molecule has 1 saturated carbocycles. The lowest BCUT2D eigenvalue weighted by Crippen LogP contribution is -2.51. The van der Waals surface area contributed by atoms with E-state index < -0.39 is 10.2 Å². The zero-order valence-corrected chi connectivity index (χ0v) is 14.3. The smallest absolute Gasteiger partial charge is 0.279 e. The molecule has 1 aliphatic heterocycles. The predicted molar refractivity (Wildman–Crippen MR) is 86.3 cm³/mol. The van der Waals surface area contributed by atoms with Gasteiger partial charge in [0, 0.05) is 19.1 Å². The Bertz CT molecular complexity index is 405. The Balaban J connectivity index is 1.90. The van der Waals surface area contributed by atoms with Gasteiger partial charge in [0.25, 0.3) is 10.2 Å². The van der Waals surface area contributed by atoms with Gasteiger partial charge in [0.05, 0.1) is 0 Å². The van der Waals surface area contributed by atoms with E-state index in [1.807, 2.05) is 14.0 Å². The number of piperidine rings is 1. The molecule has 124 valence electrons. The predicted octanol–water partition coefficient (Wildman–Crippen LogP) is 1.72. The Morgan fingerprint density at radius 2 is 1.86 bits per heavy atom. The van der Waals surface area contributed by atoms with Crippen molar-refractivity contribution in [1.82, 2.24) is 14.3 Å². The highest BCUT2D eigenvalue weighted by molar-refractivity contribution is 7.87. The van der Waals surface area contributed by atoms with Gasteiger partial charge in [-0.15, -0.1) is 0 Å². The average Bonchev–Trinajstić information content (AvgIpc) is 2.48. The van der Waals surface area contributed by atoms with E-state index in [2.05, 4.69) is 10.0 Å². The average molecular weight is 317 g/mol. The maximum Gasteiger partial charge on any atom is 0.279 e. The number of hydrogen-bond donors (Lipinski definition) is 2. The lowest BCUT2D eigenvalue weighted by Gasteiger charge is -2.34. The highest BCUT2D eigenvalue weighted by Gasteiger charge is 2.31. The largest absolute Gasteiger partial charge is 0.319 e. The summed E-state index contributed by atoms with van der Waals surface area (Å²) in [6.45, 7) is 4.23. The van der Waals surface area contributed by atoms with E-state index in [-0.39, 0.29) is 6.04 Å². The van der Waals surface area contributed by atoms with Crippen molar-refractivity contribution < 1.29 is 8.42 Å². The van der Waals surface area contributed by atoms with Gasteiger partial charge in [-0.3, -0.25) is 0 Å². The number of rotatable bonds is 6. The third-order valence-electron chi connectivity index (χ3n) is 5.01. The van der Waals surface area contributed by atoms with Crippen LogP contribution in [-0.2, 0) is 10.2 Å². The van der Waals surface area contributed by atoms with Gasteiger partial charge in [-0.25, -0.2) is 0 Å². The normalized spacial score (nSPS) is 27.6. The molecule has 5 nitrogen and oxygen atoms in total. The van der Waals surface area contributed by atoms with Crippen LogP contribution in [0.15, 0.2) is 0 Å². The van der Waals surface area contributed by atoms with Crippen LogP contribution in [0.25, 0.3) is 0 Å². The number of nitrogens with zero attached hydrogens (tertiary/aromatic N) is 1. The van der Waals surface area contributed by atoms with Crippen molar-refractivity contribution in [2.24, 2.45) is 11.8 Å². The Hall–Kier alpha value is -0.170. The monoisotopic (exact) mass is 317 g/mol. The molecule has 0 spiro atoms. The highest BCUT2D eigenvalue weighted by atomic mass is 32.2. The van der Waals surface area contributed by atoms with Crippen LogP contribution in [0.1, 0.15) is 51.9 Å². The molecule has 2 atom stereocenters. The van der Waals surface area contributed by atoms with Crippen LogP contribution in [0.4, 0.5) is 0 Å². The maximum absolute atomic E-state index is 12.6. The molecule has 1 saturated heterocycles. The molecule has 2 rings (SSSR count). The van der Waals surface area contributed by atoms with E-state index in [9.17, 15) is 8.42 Å². The third-order valence-corrected chi connectivity index (χ3v) is 6.69. The lowest BCUT2D eigenvalue weighted by molar-refractivity contribution is 0.252. The lowest BCUT2D eigenvalue weighted by atomic mass is 9.85. The SMILES string of the molecule is CNCC1CCCN(S(=O)(=O)NC(C)C2CCCCC2)C1. The van der Waals surface area contributed by atoms with Gasteiger partial charge in [-0.2, -0.15) is 17.4 Å². The van der Waals surface area contributed by atoms with E-state index in [1.165, 1.54) is 19.3 Å². The van der Waals surface area contributed by atoms with E-state index in [0.717, 1.165) is 32.2 Å². The maximum atomic E-state index is 12.6. The van der Waals surface area contributed by atoms with Crippen LogP contribution in [0, 0.1) is 11.8 Å². The second-order valence-corrected chi connectivity index (χ2v) is 8.44. The summed E-state index contributed by atoms with van der Waals surface area (Å²) in [6.07, 6.45) is 8.18. The van der Waals surface area contributed by atoms with Gasteiger partial charge in [0.1, 0.15) is 0 Å². The molecular weight excluding hydrogens is 286 g/mol. The summed E-state index contributed by atoms with van der Waals surface area (Å²) in [4.78, 5) is 0. The van der Waals surface area contributed by atoms with Crippen molar-refractivity contribution in [3.05, 3.63) is 0 Å². The first-order valence-electron chi connectivity index (χ1n) is 8.45. The molecular formula is C15H31N3O2S. The van der Waals surface area contributed by atoms with E-state index in [0.29, 0.717) is 24.9 Å². The fourth-order valence-electron chi connectivity index (χ4n) is 3.74. The fraction of sp³-hybridized carbons (Fsp3) is 1.00.